The number of carbonyl (C=O) groups is 1. The molecule has 2 heterocycles. The quantitative estimate of drug-likeness (QED) is 0.746. The van der Waals surface area contributed by atoms with Crippen LogP contribution in [0.3, 0.4) is 0 Å². The molecule has 2 N–H and O–H groups in total. The van der Waals surface area contributed by atoms with Gasteiger partial charge in [-0.25, -0.2) is 4.39 Å². The monoisotopic (exact) mass is 430 g/mol. The van der Waals surface area contributed by atoms with E-state index < -0.39 is 0 Å². The van der Waals surface area contributed by atoms with Gasteiger partial charge in [-0.2, -0.15) is 0 Å². The van der Waals surface area contributed by atoms with Gasteiger partial charge in [-0.3, -0.25) is 4.79 Å². The van der Waals surface area contributed by atoms with Gasteiger partial charge in [0, 0.05) is 32.2 Å². The van der Waals surface area contributed by atoms with E-state index in [1.54, 1.807) is 6.07 Å². The zero-order chi connectivity index (χ0) is 21.8. The molecule has 1 aromatic carbocycles. The van der Waals surface area contributed by atoms with Gasteiger partial charge in [0.2, 0.25) is 5.91 Å². The fourth-order valence-corrected chi connectivity index (χ4v) is 7.37. The van der Waals surface area contributed by atoms with Crippen molar-refractivity contribution in [1.82, 2.24) is 5.32 Å². The summed E-state index contributed by atoms with van der Waals surface area (Å²) in [5.74, 6) is 0.551. The molecule has 2 bridgehead atoms. The third-order valence-corrected chi connectivity index (χ3v) is 8.90. The van der Waals surface area contributed by atoms with Crippen molar-refractivity contribution in [2.45, 2.75) is 64.5 Å². The number of hydrogen-bond acceptors (Lipinski definition) is 4. The Hall–Kier alpha value is -1.66. The first kappa shape index (κ1) is 21.2. The molecule has 1 aromatic rings. The minimum atomic E-state index is -0.154. The first-order valence-electron chi connectivity index (χ1n) is 11.9. The molecular weight excluding hydrogens is 395 g/mol. The number of benzene rings is 1. The summed E-state index contributed by atoms with van der Waals surface area (Å²) >= 11 is 0. The Bertz CT molecular complexity index is 853. The summed E-state index contributed by atoms with van der Waals surface area (Å²) in [6.07, 6.45) is 5.32. The fraction of sp³-hybridized carbons (Fsp3) is 0.720. The van der Waals surface area contributed by atoms with Crippen molar-refractivity contribution in [1.29, 1.82) is 0 Å². The van der Waals surface area contributed by atoms with Crippen molar-refractivity contribution in [3.05, 3.63) is 29.6 Å². The van der Waals surface area contributed by atoms with E-state index in [1.807, 2.05) is 6.07 Å². The summed E-state index contributed by atoms with van der Waals surface area (Å²) in [6.45, 7) is 6.88. The molecule has 5 nitrogen and oxygen atoms in total. The molecule has 2 aliphatic carbocycles. The Morgan fingerprint density at radius 2 is 2.10 bits per heavy atom. The van der Waals surface area contributed by atoms with Crippen LogP contribution in [0.1, 0.15) is 64.0 Å². The van der Waals surface area contributed by atoms with Gasteiger partial charge >= 0.3 is 0 Å². The topological polar surface area (TPSA) is 61.8 Å². The zero-order valence-corrected chi connectivity index (χ0v) is 18.7. The molecule has 5 atom stereocenters. The zero-order valence-electron chi connectivity index (χ0n) is 18.7. The highest BCUT2D eigenvalue weighted by atomic mass is 19.1. The lowest BCUT2D eigenvalue weighted by Gasteiger charge is -2.53. The van der Waals surface area contributed by atoms with Gasteiger partial charge in [0.1, 0.15) is 5.82 Å². The number of halogens is 1. The lowest BCUT2D eigenvalue weighted by molar-refractivity contribution is -0.137. The predicted molar refractivity (Wildman–Crippen MR) is 117 cm³/mol. The molecule has 2 aliphatic heterocycles. The SMILES string of the molecule is CC1(C)[C@@H]2C[C@@H]3[C@@H](c4ccc(N5CCCC5)c(F)c4)OCC[C@@]3(C2)[C@@H]1NC(=O)CCO. The maximum atomic E-state index is 15.1. The molecule has 170 valence electrons. The molecule has 4 aliphatic rings. The van der Waals surface area contributed by atoms with E-state index >= 15 is 4.39 Å². The van der Waals surface area contributed by atoms with Crippen molar-refractivity contribution in [3.63, 3.8) is 0 Å². The molecule has 5 rings (SSSR count). The number of hydrogen-bond donors (Lipinski definition) is 2. The third-order valence-electron chi connectivity index (χ3n) is 8.90. The van der Waals surface area contributed by atoms with E-state index in [1.165, 1.54) is 0 Å². The van der Waals surface area contributed by atoms with Gasteiger partial charge in [0.05, 0.1) is 18.4 Å². The van der Waals surface area contributed by atoms with Crippen LogP contribution >= 0.6 is 0 Å². The van der Waals surface area contributed by atoms with Crippen molar-refractivity contribution in [3.8, 4) is 0 Å². The number of amides is 1. The largest absolute Gasteiger partial charge is 0.396 e. The number of anilines is 1. The van der Waals surface area contributed by atoms with Crippen molar-refractivity contribution in [2.24, 2.45) is 22.7 Å². The number of fused-ring (bicyclic) bond motifs is 1. The smallest absolute Gasteiger partial charge is 0.222 e. The van der Waals surface area contributed by atoms with Crippen LogP contribution in [0.5, 0.6) is 0 Å². The minimum absolute atomic E-state index is 0.00830. The van der Waals surface area contributed by atoms with Crippen molar-refractivity contribution < 1.29 is 19.0 Å². The number of ether oxygens (including phenoxy) is 1. The highest BCUT2D eigenvalue weighted by Crippen LogP contribution is 2.70. The number of aliphatic hydroxyl groups excluding tert-OH is 1. The Balaban J connectivity index is 1.43. The summed E-state index contributed by atoms with van der Waals surface area (Å²) in [4.78, 5) is 14.6. The lowest BCUT2D eigenvalue weighted by Crippen LogP contribution is -2.59. The van der Waals surface area contributed by atoms with Gasteiger partial charge in [-0.05, 0) is 72.5 Å². The van der Waals surface area contributed by atoms with Crippen molar-refractivity contribution >= 4 is 11.6 Å². The van der Waals surface area contributed by atoms with E-state index in [9.17, 15) is 9.90 Å². The van der Waals surface area contributed by atoms with Crippen LogP contribution in [0.4, 0.5) is 10.1 Å². The molecule has 0 aromatic heterocycles. The van der Waals surface area contributed by atoms with Gasteiger partial charge in [0.25, 0.3) is 0 Å². The van der Waals surface area contributed by atoms with Crippen molar-refractivity contribution in [2.75, 3.05) is 31.2 Å². The number of aliphatic hydroxyl groups is 1. The standard InChI is InChI=1S/C25H35FN2O3/c1-24(2)17-14-18-22(16-5-6-20(19(26)13-16)28-9-3-4-10-28)31-12-8-25(18,15-17)23(24)27-21(30)7-11-29/h5-6,13,17-18,22-23,29H,3-4,7-12,14-15H2,1-2H3,(H,27,30)/t17-,18-,22-,23-,25+/m1/s1. The van der Waals surface area contributed by atoms with E-state index in [0.717, 1.165) is 50.8 Å². The summed E-state index contributed by atoms with van der Waals surface area (Å²) in [5, 5.41) is 12.5. The summed E-state index contributed by atoms with van der Waals surface area (Å²) in [7, 11) is 0. The van der Waals surface area contributed by atoms with Gasteiger partial charge in [0.15, 0.2) is 0 Å². The average molecular weight is 431 g/mol. The Labute approximate surface area is 184 Å². The molecule has 2 saturated heterocycles. The molecule has 2 saturated carbocycles. The van der Waals surface area contributed by atoms with Crippen LogP contribution in [-0.4, -0.2) is 43.4 Å². The van der Waals surface area contributed by atoms with Gasteiger partial charge in [-0.1, -0.05) is 19.9 Å². The maximum absolute atomic E-state index is 15.1. The minimum Gasteiger partial charge on any atom is -0.396 e. The van der Waals surface area contributed by atoms with E-state index in [-0.39, 0.29) is 53.6 Å². The average Bonchev–Trinajstić information content (AvgIpc) is 3.43. The van der Waals surface area contributed by atoms with Crippen LogP contribution in [0, 0.1) is 28.5 Å². The van der Waals surface area contributed by atoms with Crippen LogP contribution in [-0.2, 0) is 9.53 Å². The second-order valence-corrected chi connectivity index (χ2v) is 10.7. The second-order valence-electron chi connectivity index (χ2n) is 10.7. The van der Waals surface area contributed by atoms with E-state index in [2.05, 4.69) is 30.1 Å². The Morgan fingerprint density at radius 3 is 2.81 bits per heavy atom. The third kappa shape index (κ3) is 3.29. The first-order valence-corrected chi connectivity index (χ1v) is 11.9. The molecule has 4 fully saturated rings. The lowest BCUT2D eigenvalue weighted by atomic mass is 9.59. The predicted octanol–water partition coefficient (Wildman–Crippen LogP) is 3.81. The van der Waals surface area contributed by atoms with E-state index in [0.29, 0.717) is 18.2 Å². The highest BCUT2D eigenvalue weighted by molar-refractivity contribution is 5.76. The molecule has 0 radical (unpaired) electrons. The first-order chi connectivity index (χ1) is 14.9. The highest BCUT2D eigenvalue weighted by Gasteiger charge is 2.68. The summed E-state index contributed by atoms with van der Waals surface area (Å²) in [6, 6.07) is 5.73. The molecule has 6 heteroatoms. The maximum Gasteiger partial charge on any atom is 0.222 e. The number of rotatable bonds is 5. The van der Waals surface area contributed by atoms with Crippen LogP contribution in [0.2, 0.25) is 0 Å². The summed E-state index contributed by atoms with van der Waals surface area (Å²) < 4.78 is 21.3. The van der Waals surface area contributed by atoms with Gasteiger partial charge in [-0.15, -0.1) is 0 Å². The second kappa shape index (κ2) is 7.73. The van der Waals surface area contributed by atoms with Crippen LogP contribution < -0.4 is 10.2 Å². The molecule has 1 amide bonds. The molecule has 0 unspecified atom stereocenters. The molecule has 31 heavy (non-hydrogen) atoms. The molecule has 1 spiro atoms. The van der Waals surface area contributed by atoms with E-state index in [4.69, 9.17) is 4.74 Å². The fourth-order valence-electron chi connectivity index (χ4n) is 7.37. The normalized spacial score (nSPS) is 35.9. The number of carbonyl (C=O) groups excluding carboxylic acids is 1. The Kier molecular flexibility index (Phi) is 5.29. The summed E-state index contributed by atoms with van der Waals surface area (Å²) in [5.41, 5.74) is 1.62. The van der Waals surface area contributed by atoms with Gasteiger partial charge < -0.3 is 20.1 Å². The number of nitrogens with one attached hydrogen (secondary N) is 1. The molecular formula is C25H35FN2O3. The Morgan fingerprint density at radius 1 is 1.32 bits per heavy atom. The van der Waals surface area contributed by atoms with Crippen LogP contribution in [0.15, 0.2) is 18.2 Å². The number of nitrogens with zero attached hydrogens (tertiary/aromatic N) is 1. The van der Waals surface area contributed by atoms with Crippen LogP contribution in [0.25, 0.3) is 0 Å².